The minimum absolute atomic E-state index is 0.0565. The maximum atomic E-state index is 13.6. The largest absolute Gasteiger partial charge is 0.368 e. The van der Waals surface area contributed by atoms with Crippen LogP contribution in [0.3, 0.4) is 0 Å². The summed E-state index contributed by atoms with van der Waals surface area (Å²) in [7, 11) is 0. The lowest BCUT2D eigenvalue weighted by Gasteiger charge is -2.36. The maximum Gasteiger partial charge on any atom is 0.276 e. The fraction of sp³-hybridized carbons (Fsp3) is 0.462. The van der Waals surface area contributed by atoms with Gasteiger partial charge in [0.1, 0.15) is 5.76 Å². The van der Waals surface area contributed by atoms with Crippen LogP contribution in [0.1, 0.15) is 64.7 Å². The molecule has 2 amide bonds. The molecule has 9 nitrogen and oxygen atoms in total. The van der Waals surface area contributed by atoms with E-state index in [-0.39, 0.29) is 17.7 Å². The number of amides is 2. The van der Waals surface area contributed by atoms with E-state index >= 15 is 0 Å². The first-order valence-electron chi connectivity index (χ1n) is 12.4. The molecule has 0 radical (unpaired) electrons. The molecule has 0 saturated carbocycles. The molecule has 1 aromatic carbocycles. The molecule has 1 fully saturated rings. The van der Waals surface area contributed by atoms with Crippen molar-refractivity contribution in [1.29, 1.82) is 0 Å². The summed E-state index contributed by atoms with van der Waals surface area (Å²) in [4.78, 5) is 32.7. The molecule has 1 saturated heterocycles. The Morgan fingerprint density at radius 3 is 2.40 bits per heavy atom. The zero-order chi connectivity index (χ0) is 24.5. The molecule has 184 valence electrons. The Bertz CT molecular complexity index is 1210. The highest BCUT2D eigenvalue weighted by atomic mass is 16.5. The summed E-state index contributed by atoms with van der Waals surface area (Å²) < 4.78 is 7.25. The maximum absolute atomic E-state index is 13.6. The standard InChI is InChI=1S/C26H32N6O3/c1-4-32-22-10-11-31(25(33)21-16-23(18(2)3)35-28-21)17-20(22)24(27-32)26(34)30-14-12-29(13-15-30)19-8-6-5-7-9-19/h5-9,16,18H,4,10-15,17H2,1-3H3. The molecule has 0 spiro atoms. The monoisotopic (exact) mass is 476 g/mol. The Balaban J connectivity index is 1.33. The van der Waals surface area contributed by atoms with Crippen LogP contribution in [0, 0.1) is 0 Å². The van der Waals surface area contributed by atoms with Gasteiger partial charge in [-0.1, -0.05) is 37.2 Å². The molecular weight excluding hydrogens is 444 g/mol. The van der Waals surface area contributed by atoms with E-state index in [1.807, 2.05) is 48.6 Å². The third-order valence-corrected chi connectivity index (χ3v) is 6.93. The molecule has 0 aliphatic carbocycles. The fourth-order valence-corrected chi connectivity index (χ4v) is 4.88. The van der Waals surface area contributed by atoms with E-state index in [0.717, 1.165) is 24.3 Å². The predicted octanol–water partition coefficient (Wildman–Crippen LogP) is 3.18. The van der Waals surface area contributed by atoms with Gasteiger partial charge in [-0.15, -0.1) is 0 Å². The van der Waals surface area contributed by atoms with Crippen molar-refractivity contribution in [3.05, 3.63) is 64.8 Å². The highest BCUT2D eigenvalue weighted by molar-refractivity contribution is 5.95. The molecule has 4 heterocycles. The zero-order valence-electron chi connectivity index (χ0n) is 20.6. The summed E-state index contributed by atoms with van der Waals surface area (Å²) in [5.74, 6) is 0.617. The third kappa shape index (κ3) is 4.42. The fourth-order valence-electron chi connectivity index (χ4n) is 4.88. The van der Waals surface area contributed by atoms with Crippen molar-refractivity contribution in [3.8, 4) is 0 Å². The molecule has 0 bridgehead atoms. The number of aryl methyl sites for hydroxylation is 1. The molecule has 3 aromatic rings. The van der Waals surface area contributed by atoms with Gasteiger partial charge in [0, 0.05) is 74.6 Å². The van der Waals surface area contributed by atoms with Crippen molar-refractivity contribution in [2.24, 2.45) is 0 Å². The minimum atomic E-state index is -0.176. The summed E-state index contributed by atoms with van der Waals surface area (Å²) in [5, 5.41) is 8.68. The normalized spacial score (nSPS) is 16.1. The van der Waals surface area contributed by atoms with Gasteiger partial charge in [-0.25, -0.2) is 0 Å². The van der Waals surface area contributed by atoms with Crippen LogP contribution in [0.25, 0.3) is 0 Å². The molecule has 0 atom stereocenters. The molecule has 2 aromatic heterocycles. The molecule has 35 heavy (non-hydrogen) atoms. The van der Waals surface area contributed by atoms with Crippen LogP contribution >= 0.6 is 0 Å². The van der Waals surface area contributed by atoms with Gasteiger partial charge >= 0.3 is 0 Å². The van der Waals surface area contributed by atoms with Crippen LogP contribution in [-0.2, 0) is 19.5 Å². The smallest absolute Gasteiger partial charge is 0.276 e. The number of rotatable bonds is 5. The number of piperazine rings is 1. The van der Waals surface area contributed by atoms with E-state index in [4.69, 9.17) is 9.62 Å². The van der Waals surface area contributed by atoms with Crippen molar-refractivity contribution < 1.29 is 14.1 Å². The second-order valence-corrected chi connectivity index (χ2v) is 9.45. The number of benzene rings is 1. The third-order valence-electron chi connectivity index (χ3n) is 6.93. The number of carbonyl (C=O) groups is 2. The van der Waals surface area contributed by atoms with Crippen LogP contribution in [0.5, 0.6) is 0 Å². The quantitative estimate of drug-likeness (QED) is 0.562. The predicted molar refractivity (Wildman–Crippen MR) is 131 cm³/mol. The number of aromatic nitrogens is 3. The van der Waals surface area contributed by atoms with Crippen molar-refractivity contribution in [2.45, 2.75) is 46.2 Å². The zero-order valence-corrected chi connectivity index (χ0v) is 20.6. The summed E-state index contributed by atoms with van der Waals surface area (Å²) in [5.41, 5.74) is 3.86. The molecule has 9 heteroatoms. The number of para-hydroxylation sites is 1. The lowest BCUT2D eigenvalue weighted by Crippen LogP contribution is -2.49. The summed E-state index contributed by atoms with van der Waals surface area (Å²) in [6, 6.07) is 12.0. The van der Waals surface area contributed by atoms with Crippen molar-refractivity contribution in [2.75, 3.05) is 37.6 Å². The lowest BCUT2D eigenvalue weighted by molar-refractivity contribution is 0.0703. The molecule has 0 unspecified atom stereocenters. The topological polar surface area (TPSA) is 87.7 Å². The Morgan fingerprint density at radius 2 is 1.74 bits per heavy atom. The van der Waals surface area contributed by atoms with Gasteiger partial charge in [0.25, 0.3) is 11.8 Å². The van der Waals surface area contributed by atoms with Crippen LogP contribution in [-0.4, -0.2) is 69.3 Å². The summed E-state index contributed by atoms with van der Waals surface area (Å²) in [6.45, 7) is 10.5. The first-order valence-corrected chi connectivity index (χ1v) is 12.4. The molecule has 0 N–H and O–H groups in total. The van der Waals surface area contributed by atoms with E-state index < -0.39 is 0 Å². The summed E-state index contributed by atoms with van der Waals surface area (Å²) >= 11 is 0. The van der Waals surface area contributed by atoms with Crippen molar-refractivity contribution >= 4 is 17.5 Å². The van der Waals surface area contributed by atoms with E-state index in [1.54, 1.807) is 11.0 Å². The number of carbonyl (C=O) groups excluding carboxylic acids is 2. The highest BCUT2D eigenvalue weighted by Crippen LogP contribution is 2.26. The average molecular weight is 477 g/mol. The molecule has 2 aliphatic heterocycles. The van der Waals surface area contributed by atoms with Gasteiger partial charge < -0.3 is 19.2 Å². The Morgan fingerprint density at radius 1 is 1.00 bits per heavy atom. The Hall–Kier alpha value is -3.62. The van der Waals surface area contributed by atoms with Gasteiger partial charge in [0.05, 0.1) is 6.54 Å². The molecule has 2 aliphatic rings. The van der Waals surface area contributed by atoms with Gasteiger partial charge in [0.15, 0.2) is 11.4 Å². The number of nitrogens with zero attached hydrogens (tertiary/aromatic N) is 6. The van der Waals surface area contributed by atoms with E-state index in [9.17, 15) is 9.59 Å². The second-order valence-electron chi connectivity index (χ2n) is 9.45. The van der Waals surface area contributed by atoms with E-state index in [0.29, 0.717) is 56.3 Å². The van der Waals surface area contributed by atoms with Crippen LogP contribution in [0.4, 0.5) is 5.69 Å². The number of hydrogen-bond donors (Lipinski definition) is 0. The number of hydrogen-bond acceptors (Lipinski definition) is 6. The molecular formula is C26H32N6O3. The van der Waals surface area contributed by atoms with Gasteiger partial charge in [-0.3, -0.25) is 14.3 Å². The Kier molecular flexibility index (Phi) is 6.32. The molecule has 5 rings (SSSR count). The van der Waals surface area contributed by atoms with Gasteiger partial charge in [-0.05, 0) is 19.1 Å². The van der Waals surface area contributed by atoms with E-state index in [2.05, 4.69) is 22.2 Å². The van der Waals surface area contributed by atoms with Gasteiger partial charge in [-0.2, -0.15) is 5.10 Å². The van der Waals surface area contributed by atoms with Crippen LogP contribution in [0.15, 0.2) is 40.9 Å². The van der Waals surface area contributed by atoms with Crippen molar-refractivity contribution in [3.63, 3.8) is 0 Å². The van der Waals surface area contributed by atoms with Gasteiger partial charge in [0.2, 0.25) is 0 Å². The SMILES string of the molecule is CCn1nc(C(=O)N2CCN(c3ccccc3)CC2)c2c1CCN(C(=O)c1cc(C(C)C)on1)C2. The second kappa shape index (κ2) is 9.56. The van der Waals surface area contributed by atoms with Crippen LogP contribution in [0.2, 0.25) is 0 Å². The van der Waals surface area contributed by atoms with Crippen molar-refractivity contribution in [1.82, 2.24) is 24.7 Å². The first kappa shape index (κ1) is 23.1. The number of anilines is 1. The minimum Gasteiger partial charge on any atom is -0.368 e. The highest BCUT2D eigenvalue weighted by Gasteiger charge is 2.33. The summed E-state index contributed by atoms with van der Waals surface area (Å²) in [6.07, 6.45) is 0.659. The lowest BCUT2D eigenvalue weighted by atomic mass is 10.0. The Labute approximate surface area is 205 Å². The average Bonchev–Trinajstić information content (AvgIpc) is 3.54. The first-order chi connectivity index (χ1) is 17.0. The van der Waals surface area contributed by atoms with E-state index in [1.165, 1.54) is 5.69 Å². The number of fused-ring (bicyclic) bond motifs is 1. The van der Waals surface area contributed by atoms with Crippen LogP contribution < -0.4 is 4.90 Å².